The number of piperidine rings is 1. The van der Waals surface area contributed by atoms with E-state index in [4.69, 9.17) is 4.74 Å². The number of rotatable bonds is 6. The third-order valence-electron chi connectivity index (χ3n) is 5.09. The maximum atomic E-state index is 12.4. The molecule has 1 fully saturated rings. The van der Waals surface area contributed by atoms with Crippen LogP contribution in [0.1, 0.15) is 41.3 Å². The monoisotopic (exact) mass is 352 g/mol. The average Bonchev–Trinajstić information content (AvgIpc) is 2.68. The molecule has 26 heavy (non-hydrogen) atoms. The summed E-state index contributed by atoms with van der Waals surface area (Å²) in [6, 6.07) is 15.7. The Morgan fingerprint density at radius 2 is 1.85 bits per heavy atom. The van der Waals surface area contributed by atoms with Gasteiger partial charge in [0.1, 0.15) is 5.75 Å². The van der Waals surface area contributed by atoms with Crippen LogP contribution >= 0.6 is 0 Å². The van der Waals surface area contributed by atoms with E-state index < -0.39 is 0 Å². The second-order valence-electron chi connectivity index (χ2n) is 7.19. The third kappa shape index (κ3) is 5.09. The van der Waals surface area contributed by atoms with Crippen LogP contribution in [0.2, 0.25) is 0 Å². The van der Waals surface area contributed by atoms with Gasteiger partial charge in [-0.15, -0.1) is 0 Å². The zero-order valence-corrected chi connectivity index (χ0v) is 15.7. The summed E-state index contributed by atoms with van der Waals surface area (Å²) in [4.78, 5) is 14.9. The van der Waals surface area contributed by atoms with Gasteiger partial charge in [0, 0.05) is 18.7 Å². The molecule has 0 aromatic heterocycles. The van der Waals surface area contributed by atoms with Crippen LogP contribution in [0.25, 0.3) is 0 Å². The summed E-state index contributed by atoms with van der Waals surface area (Å²) in [5, 5.41) is 2.97. The molecule has 0 spiro atoms. The lowest BCUT2D eigenvalue weighted by Crippen LogP contribution is -2.32. The standard InChI is InChI=1S/C22H28N2O2/c1-17-10-12-24(13-11-17)16-18-6-8-20(9-7-18)22(25)23-15-19-4-3-5-21(14-19)26-2/h3-9,14,17H,10-13,15-16H2,1-2H3,(H,23,25). The molecule has 1 heterocycles. The van der Waals surface area contributed by atoms with Crippen LogP contribution in [0.4, 0.5) is 0 Å². The van der Waals surface area contributed by atoms with Crippen LogP contribution in [0.3, 0.4) is 0 Å². The fraction of sp³-hybridized carbons (Fsp3) is 0.409. The van der Waals surface area contributed by atoms with Crippen LogP contribution in [0, 0.1) is 5.92 Å². The first kappa shape index (κ1) is 18.5. The van der Waals surface area contributed by atoms with Crippen molar-refractivity contribution >= 4 is 5.91 Å². The maximum Gasteiger partial charge on any atom is 0.251 e. The Kier molecular flexibility index (Phi) is 6.29. The first-order valence-electron chi connectivity index (χ1n) is 9.36. The molecule has 1 aliphatic rings. The second-order valence-corrected chi connectivity index (χ2v) is 7.19. The predicted molar refractivity (Wildman–Crippen MR) is 104 cm³/mol. The lowest BCUT2D eigenvalue weighted by atomic mass is 9.99. The van der Waals surface area contributed by atoms with E-state index in [0.717, 1.165) is 23.8 Å². The second kappa shape index (κ2) is 8.86. The number of carbonyl (C=O) groups is 1. The van der Waals surface area contributed by atoms with Crippen molar-refractivity contribution in [3.05, 3.63) is 65.2 Å². The molecule has 2 aromatic carbocycles. The zero-order valence-electron chi connectivity index (χ0n) is 15.7. The minimum atomic E-state index is -0.0498. The molecule has 1 saturated heterocycles. The number of nitrogens with zero attached hydrogens (tertiary/aromatic N) is 1. The smallest absolute Gasteiger partial charge is 0.251 e. The van der Waals surface area contributed by atoms with Gasteiger partial charge in [-0.25, -0.2) is 0 Å². The Bertz CT molecular complexity index is 719. The number of carbonyl (C=O) groups excluding carboxylic acids is 1. The molecule has 0 bridgehead atoms. The molecular formula is C22H28N2O2. The van der Waals surface area contributed by atoms with E-state index in [1.807, 2.05) is 36.4 Å². The van der Waals surface area contributed by atoms with E-state index in [-0.39, 0.29) is 5.91 Å². The Hall–Kier alpha value is -2.33. The van der Waals surface area contributed by atoms with E-state index in [1.54, 1.807) is 7.11 Å². The fourth-order valence-corrected chi connectivity index (χ4v) is 3.31. The van der Waals surface area contributed by atoms with Gasteiger partial charge in [0.05, 0.1) is 7.11 Å². The van der Waals surface area contributed by atoms with Crippen molar-refractivity contribution in [2.24, 2.45) is 5.92 Å². The SMILES string of the molecule is COc1cccc(CNC(=O)c2ccc(CN3CCC(C)CC3)cc2)c1. The number of methoxy groups -OCH3 is 1. The van der Waals surface area contributed by atoms with Gasteiger partial charge in [-0.1, -0.05) is 31.2 Å². The first-order valence-corrected chi connectivity index (χ1v) is 9.36. The normalized spacial score (nSPS) is 15.6. The quantitative estimate of drug-likeness (QED) is 0.858. The number of hydrogen-bond acceptors (Lipinski definition) is 3. The van der Waals surface area contributed by atoms with Crippen LogP contribution in [-0.2, 0) is 13.1 Å². The van der Waals surface area contributed by atoms with Crippen molar-refractivity contribution < 1.29 is 9.53 Å². The summed E-state index contributed by atoms with van der Waals surface area (Å²) in [6.45, 7) is 6.13. The van der Waals surface area contributed by atoms with Gasteiger partial charge in [0.15, 0.2) is 0 Å². The third-order valence-corrected chi connectivity index (χ3v) is 5.09. The molecule has 0 aliphatic carbocycles. The van der Waals surface area contributed by atoms with Crippen molar-refractivity contribution in [1.29, 1.82) is 0 Å². The molecule has 0 radical (unpaired) electrons. The molecule has 1 N–H and O–H groups in total. The Morgan fingerprint density at radius 1 is 1.12 bits per heavy atom. The highest BCUT2D eigenvalue weighted by Crippen LogP contribution is 2.18. The Labute approximate surface area is 156 Å². The highest BCUT2D eigenvalue weighted by Gasteiger charge is 2.15. The molecule has 1 aliphatic heterocycles. The predicted octanol–water partition coefficient (Wildman–Crippen LogP) is 3.86. The fourth-order valence-electron chi connectivity index (χ4n) is 3.31. The molecule has 4 nitrogen and oxygen atoms in total. The summed E-state index contributed by atoms with van der Waals surface area (Å²) in [5.74, 6) is 1.60. The maximum absolute atomic E-state index is 12.4. The molecule has 2 aromatic rings. The van der Waals surface area contributed by atoms with E-state index in [2.05, 4.69) is 29.3 Å². The highest BCUT2D eigenvalue weighted by atomic mass is 16.5. The average molecular weight is 352 g/mol. The molecule has 0 saturated carbocycles. The lowest BCUT2D eigenvalue weighted by molar-refractivity contribution is 0.0951. The molecule has 138 valence electrons. The van der Waals surface area contributed by atoms with E-state index >= 15 is 0 Å². The topological polar surface area (TPSA) is 41.6 Å². The lowest BCUT2D eigenvalue weighted by Gasteiger charge is -2.30. The van der Waals surface area contributed by atoms with Gasteiger partial charge in [-0.2, -0.15) is 0 Å². The summed E-state index contributed by atoms with van der Waals surface area (Å²) < 4.78 is 5.21. The van der Waals surface area contributed by atoms with Crippen LogP contribution in [0.15, 0.2) is 48.5 Å². The van der Waals surface area contributed by atoms with Gasteiger partial charge in [-0.05, 0) is 67.2 Å². The van der Waals surface area contributed by atoms with E-state index in [0.29, 0.717) is 12.1 Å². The largest absolute Gasteiger partial charge is 0.497 e. The van der Waals surface area contributed by atoms with E-state index in [1.165, 1.54) is 31.5 Å². The summed E-state index contributed by atoms with van der Waals surface area (Å²) >= 11 is 0. The number of hydrogen-bond donors (Lipinski definition) is 1. The van der Waals surface area contributed by atoms with Crippen molar-refractivity contribution in [1.82, 2.24) is 10.2 Å². The van der Waals surface area contributed by atoms with Crippen molar-refractivity contribution in [3.8, 4) is 5.75 Å². The molecule has 1 amide bonds. The molecule has 0 atom stereocenters. The highest BCUT2D eigenvalue weighted by molar-refractivity contribution is 5.94. The van der Waals surface area contributed by atoms with Crippen molar-refractivity contribution in [2.45, 2.75) is 32.9 Å². The zero-order chi connectivity index (χ0) is 18.4. The minimum absolute atomic E-state index is 0.0498. The van der Waals surface area contributed by atoms with Crippen LogP contribution in [0.5, 0.6) is 5.75 Å². The summed E-state index contributed by atoms with van der Waals surface area (Å²) in [7, 11) is 1.64. The van der Waals surface area contributed by atoms with Crippen LogP contribution in [-0.4, -0.2) is 31.0 Å². The number of amides is 1. The minimum Gasteiger partial charge on any atom is -0.497 e. The molecule has 4 heteroatoms. The van der Waals surface area contributed by atoms with Crippen molar-refractivity contribution in [3.63, 3.8) is 0 Å². The number of likely N-dealkylation sites (tertiary alicyclic amines) is 1. The Morgan fingerprint density at radius 3 is 2.54 bits per heavy atom. The first-order chi connectivity index (χ1) is 12.6. The number of nitrogens with one attached hydrogen (secondary N) is 1. The number of ether oxygens (including phenoxy) is 1. The molecule has 3 rings (SSSR count). The van der Waals surface area contributed by atoms with Gasteiger partial charge >= 0.3 is 0 Å². The van der Waals surface area contributed by atoms with Gasteiger partial charge in [0.2, 0.25) is 0 Å². The van der Waals surface area contributed by atoms with Crippen LogP contribution < -0.4 is 10.1 Å². The van der Waals surface area contributed by atoms with Gasteiger partial charge < -0.3 is 10.1 Å². The van der Waals surface area contributed by atoms with Gasteiger partial charge in [0.25, 0.3) is 5.91 Å². The summed E-state index contributed by atoms with van der Waals surface area (Å²) in [5.41, 5.74) is 2.99. The van der Waals surface area contributed by atoms with Gasteiger partial charge in [-0.3, -0.25) is 9.69 Å². The molecule has 0 unspecified atom stereocenters. The van der Waals surface area contributed by atoms with E-state index in [9.17, 15) is 4.79 Å². The number of benzene rings is 2. The summed E-state index contributed by atoms with van der Waals surface area (Å²) in [6.07, 6.45) is 2.57. The Balaban J connectivity index is 1.51. The molecular weight excluding hydrogens is 324 g/mol. The van der Waals surface area contributed by atoms with Crippen molar-refractivity contribution in [2.75, 3.05) is 20.2 Å².